The van der Waals surface area contributed by atoms with E-state index in [9.17, 15) is 0 Å². The highest BCUT2D eigenvalue weighted by Gasteiger charge is 2.20. The van der Waals surface area contributed by atoms with Crippen LogP contribution in [-0.4, -0.2) is 10.8 Å². The Balaban J connectivity index is 2.04. The lowest BCUT2D eigenvalue weighted by Crippen LogP contribution is -2.15. The molecule has 0 saturated heterocycles. The van der Waals surface area contributed by atoms with Crippen LogP contribution in [0.4, 0.5) is 5.69 Å². The third kappa shape index (κ3) is 1.59. The maximum atomic E-state index is 3.29. The average Bonchev–Trinajstić information content (AvgIpc) is 2.60. The predicted octanol–water partition coefficient (Wildman–Crippen LogP) is 4.06. The molecule has 2 aromatic rings. The van der Waals surface area contributed by atoms with Crippen LogP contribution in [0, 0.1) is 0 Å². The topological polar surface area (TPSA) is 17.0 Å². The van der Waals surface area contributed by atoms with Gasteiger partial charge in [0.1, 0.15) is 0 Å². The molecule has 1 aromatic heterocycles. The summed E-state index contributed by atoms with van der Waals surface area (Å²) in [6, 6.07) is 9.55. The highest BCUT2D eigenvalue weighted by atomic mass is 32.2. The van der Waals surface area contributed by atoms with E-state index >= 15 is 0 Å². The van der Waals surface area contributed by atoms with E-state index in [0.717, 1.165) is 6.04 Å². The van der Waals surface area contributed by atoms with Gasteiger partial charge in [-0.2, -0.15) is 0 Å². The Bertz CT molecular complexity index is 500. The standard InChI is InChI=1S/C13H16N2S/c1-16-14-11-6-5-10-7-8-15(13(10)9-11)12-3-2-4-12/h5-9,12,14H,2-4H2,1H3. The lowest BCUT2D eigenvalue weighted by Gasteiger charge is -2.28. The van der Waals surface area contributed by atoms with Crippen LogP contribution in [0.15, 0.2) is 30.5 Å². The van der Waals surface area contributed by atoms with Crippen molar-refractivity contribution in [1.29, 1.82) is 0 Å². The smallest absolute Gasteiger partial charge is 0.0503 e. The van der Waals surface area contributed by atoms with Crippen molar-refractivity contribution in [3.63, 3.8) is 0 Å². The summed E-state index contributed by atoms with van der Waals surface area (Å²) in [6.45, 7) is 0. The molecular formula is C13H16N2S. The number of anilines is 1. The summed E-state index contributed by atoms with van der Waals surface area (Å²) in [5, 5.41) is 1.35. The van der Waals surface area contributed by atoms with Crippen molar-refractivity contribution >= 4 is 28.5 Å². The Morgan fingerprint density at radius 3 is 2.88 bits per heavy atom. The highest BCUT2D eigenvalue weighted by Crippen LogP contribution is 2.35. The maximum Gasteiger partial charge on any atom is 0.0503 e. The molecule has 1 N–H and O–H groups in total. The van der Waals surface area contributed by atoms with E-state index in [2.05, 4.69) is 46.0 Å². The molecule has 0 radical (unpaired) electrons. The minimum Gasteiger partial charge on any atom is -0.344 e. The number of nitrogens with zero attached hydrogens (tertiary/aromatic N) is 1. The number of benzene rings is 1. The molecular weight excluding hydrogens is 216 g/mol. The molecule has 0 unspecified atom stereocenters. The summed E-state index contributed by atoms with van der Waals surface area (Å²) in [4.78, 5) is 0. The molecule has 1 aromatic carbocycles. The van der Waals surface area contributed by atoms with Gasteiger partial charge < -0.3 is 9.29 Å². The maximum absolute atomic E-state index is 3.29. The first-order chi connectivity index (χ1) is 7.88. The molecule has 1 aliphatic rings. The number of fused-ring (bicyclic) bond motifs is 1. The van der Waals surface area contributed by atoms with E-state index in [1.54, 1.807) is 11.9 Å². The van der Waals surface area contributed by atoms with Gasteiger partial charge >= 0.3 is 0 Å². The first-order valence-electron chi connectivity index (χ1n) is 5.78. The van der Waals surface area contributed by atoms with Gasteiger partial charge in [0.05, 0.1) is 5.52 Å². The van der Waals surface area contributed by atoms with Crippen LogP contribution in [0.1, 0.15) is 25.3 Å². The van der Waals surface area contributed by atoms with Crippen molar-refractivity contribution in [2.24, 2.45) is 0 Å². The van der Waals surface area contributed by atoms with Crippen LogP contribution >= 0.6 is 11.9 Å². The van der Waals surface area contributed by atoms with E-state index in [1.165, 1.54) is 35.9 Å². The van der Waals surface area contributed by atoms with E-state index in [-0.39, 0.29) is 0 Å². The largest absolute Gasteiger partial charge is 0.344 e. The third-order valence-corrected chi connectivity index (χ3v) is 3.85. The van der Waals surface area contributed by atoms with Crippen LogP contribution < -0.4 is 4.72 Å². The molecule has 1 saturated carbocycles. The molecule has 2 nitrogen and oxygen atoms in total. The first kappa shape index (κ1) is 10.1. The fraction of sp³-hybridized carbons (Fsp3) is 0.385. The van der Waals surface area contributed by atoms with Crippen molar-refractivity contribution < 1.29 is 0 Å². The van der Waals surface area contributed by atoms with Gasteiger partial charge in [0.2, 0.25) is 0 Å². The van der Waals surface area contributed by atoms with Gasteiger partial charge in [-0.3, -0.25) is 0 Å². The summed E-state index contributed by atoms with van der Waals surface area (Å²) in [6.07, 6.45) is 8.34. The van der Waals surface area contributed by atoms with E-state index in [0.29, 0.717) is 0 Å². The average molecular weight is 232 g/mol. The number of hydrogen-bond donors (Lipinski definition) is 1. The Morgan fingerprint density at radius 1 is 1.31 bits per heavy atom. The summed E-state index contributed by atoms with van der Waals surface area (Å²) < 4.78 is 5.73. The Labute approximate surface area is 100 Å². The quantitative estimate of drug-likeness (QED) is 0.804. The minimum atomic E-state index is 0.738. The van der Waals surface area contributed by atoms with Crippen molar-refractivity contribution in [3.8, 4) is 0 Å². The molecule has 0 bridgehead atoms. The van der Waals surface area contributed by atoms with Gasteiger partial charge in [-0.1, -0.05) is 18.0 Å². The van der Waals surface area contributed by atoms with Crippen LogP contribution in [0.25, 0.3) is 10.9 Å². The van der Waals surface area contributed by atoms with Crippen molar-refractivity contribution in [2.45, 2.75) is 25.3 Å². The highest BCUT2D eigenvalue weighted by molar-refractivity contribution is 7.99. The van der Waals surface area contributed by atoms with Gasteiger partial charge in [-0.05, 0) is 42.8 Å². The zero-order valence-corrected chi connectivity index (χ0v) is 10.3. The lowest BCUT2D eigenvalue weighted by molar-refractivity contribution is 0.321. The Hall–Kier alpha value is -1.09. The molecule has 3 rings (SSSR count). The third-order valence-electron chi connectivity index (χ3n) is 3.41. The summed E-state index contributed by atoms with van der Waals surface area (Å²) in [5.41, 5.74) is 2.56. The number of hydrogen-bond acceptors (Lipinski definition) is 2. The van der Waals surface area contributed by atoms with E-state index in [1.807, 2.05) is 0 Å². The molecule has 1 fully saturated rings. The molecule has 0 aliphatic heterocycles. The Kier molecular flexibility index (Phi) is 2.56. The first-order valence-corrected chi connectivity index (χ1v) is 7.00. The predicted molar refractivity (Wildman–Crippen MR) is 72.0 cm³/mol. The Morgan fingerprint density at radius 2 is 2.19 bits per heavy atom. The second-order valence-corrected chi connectivity index (χ2v) is 5.00. The minimum absolute atomic E-state index is 0.738. The van der Waals surface area contributed by atoms with Crippen molar-refractivity contribution in [2.75, 3.05) is 11.0 Å². The summed E-state index contributed by atoms with van der Waals surface area (Å²) in [5.74, 6) is 0. The summed E-state index contributed by atoms with van der Waals surface area (Å²) in [7, 11) is 0. The zero-order chi connectivity index (χ0) is 11.0. The van der Waals surface area contributed by atoms with Crippen molar-refractivity contribution in [3.05, 3.63) is 30.5 Å². The van der Waals surface area contributed by atoms with Crippen LogP contribution in [0.2, 0.25) is 0 Å². The second kappa shape index (κ2) is 4.06. The molecule has 0 atom stereocenters. The molecule has 1 heterocycles. The zero-order valence-electron chi connectivity index (χ0n) is 9.44. The normalized spacial score (nSPS) is 16.3. The number of nitrogens with one attached hydrogen (secondary N) is 1. The van der Waals surface area contributed by atoms with Crippen LogP contribution in [0.5, 0.6) is 0 Å². The van der Waals surface area contributed by atoms with E-state index < -0.39 is 0 Å². The fourth-order valence-corrected chi connectivity index (χ4v) is 2.68. The van der Waals surface area contributed by atoms with Crippen molar-refractivity contribution in [1.82, 2.24) is 4.57 Å². The second-order valence-electron chi connectivity index (χ2n) is 4.39. The molecule has 0 amide bonds. The van der Waals surface area contributed by atoms with Crippen LogP contribution in [0.3, 0.4) is 0 Å². The summed E-state index contributed by atoms with van der Waals surface area (Å²) >= 11 is 1.64. The molecule has 0 spiro atoms. The van der Waals surface area contributed by atoms with Gasteiger partial charge in [0.15, 0.2) is 0 Å². The van der Waals surface area contributed by atoms with Gasteiger partial charge in [0.25, 0.3) is 0 Å². The van der Waals surface area contributed by atoms with Gasteiger partial charge in [0, 0.05) is 24.2 Å². The lowest BCUT2D eigenvalue weighted by atomic mass is 9.93. The molecule has 3 heteroatoms. The monoisotopic (exact) mass is 232 g/mol. The van der Waals surface area contributed by atoms with Gasteiger partial charge in [-0.15, -0.1) is 0 Å². The molecule has 16 heavy (non-hydrogen) atoms. The van der Waals surface area contributed by atoms with Gasteiger partial charge in [-0.25, -0.2) is 0 Å². The van der Waals surface area contributed by atoms with Crippen LogP contribution in [-0.2, 0) is 0 Å². The number of aromatic nitrogens is 1. The number of rotatable bonds is 3. The fourth-order valence-electron chi connectivity index (χ4n) is 2.31. The molecule has 84 valence electrons. The van der Waals surface area contributed by atoms with E-state index in [4.69, 9.17) is 0 Å². The SMILES string of the molecule is CSNc1ccc2ccn(C3CCC3)c2c1. The molecule has 1 aliphatic carbocycles.